The first kappa shape index (κ1) is 18.9. The fraction of sp³-hybridized carbons (Fsp3) is 0.350. The summed E-state index contributed by atoms with van der Waals surface area (Å²) in [5, 5.41) is 3.94. The molecule has 0 bridgehead atoms. The van der Waals surface area contributed by atoms with Gasteiger partial charge in [-0.25, -0.2) is 9.97 Å². The first-order chi connectivity index (χ1) is 14.2. The number of hydrogen-bond acceptors (Lipinski definition) is 9. The molecule has 0 spiro atoms. The monoisotopic (exact) mass is 395 g/mol. The van der Waals surface area contributed by atoms with E-state index in [1.54, 1.807) is 25.6 Å². The molecule has 1 aromatic carbocycles. The number of nitrogens with zero attached hydrogens (tertiary/aromatic N) is 5. The standard InChI is InChI=1S/C20H21N5O4/c1-27-16-5-2-4-15(12-16)18-23-17(29-24-18)13-28-19(26)14-6-10-25(11-7-14)20-21-8-3-9-22-20/h2-5,8-9,12,14H,6-7,10-11,13H2,1H3. The summed E-state index contributed by atoms with van der Waals surface area (Å²) in [4.78, 5) is 27.3. The van der Waals surface area contributed by atoms with Crippen molar-refractivity contribution in [2.75, 3.05) is 25.1 Å². The summed E-state index contributed by atoms with van der Waals surface area (Å²) in [6.07, 6.45) is 4.81. The van der Waals surface area contributed by atoms with Crippen LogP contribution in [-0.4, -0.2) is 46.3 Å². The molecule has 1 aliphatic heterocycles. The van der Waals surface area contributed by atoms with Crippen LogP contribution in [0.1, 0.15) is 18.7 Å². The Bertz CT molecular complexity index is 954. The molecule has 3 heterocycles. The van der Waals surface area contributed by atoms with Crippen LogP contribution >= 0.6 is 0 Å². The Kier molecular flexibility index (Phi) is 5.64. The van der Waals surface area contributed by atoms with Gasteiger partial charge in [0, 0.05) is 31.0 Å². The van der Waals surface area contributed by atoms with Gasteiger partial charge in [0.15, 0.2) is 6.61 Å². The summed E-state index contributed by atoms with van der Waals surface area (Å²) in [5.74, 6) is 1.66. The molecule has 4 rings (SSSR count). The molecule has 0 saturated carbocycles. The topological polar surface area (TPSA) is 103 Å². The zero-order valence-corrected chi connectivity index (χ0v) is 16.0. The normalized spacial score (nSPS) is 14.6. The zero-order chi connectivity index (χ0) is 20.1. The molecular formula is C20H21N5O4. The fourth-order valence-corrected chi connectivity index (χ4v) is 3.21. The number of hydrogen-bond donors (Lipinski definition) is 0. The minimum absolute atomic E-state index is 0.0438. The number of ether oxygens (including phenoxy) is 2. The summed E-state index contributed by atoms with van der Waals surface area (Å²) in [7, 11) is 1.59. The third kappa shape index (κ3) is 4.50. The van der Waals surface area contributed by atoms with Gasteiger partial charge in [-0.05, 0) is 31.0 Å². The molecule has 9 heteroatoms. The van der Waals surface area contributed by atoms with Crippen LogP contribution in [0.3, 0.4) is 0 Å². The van der Waals surface area contributed by atoms with Crippen molar-refractivity contribution in [1.29, 1.82) is 0 Å². The number of carbonyl (C=O) groups excluding carboxylic acids is 1. The predicted molar refractivity (Wildman–Crippen MR) is 103 cm³/mol. The third-order valence-electron chi connectivity index (χ3n) is 4.80. The Morgan fingerprint density at radius 3 is 2.76 bits per heavy atom. The van der Waals surface area contributed by atoms with Crippen LogP contribution in [0, 0.1) is 5.92 Å². The first-order valence-electron chi connectivity index (χ1n) is 9.38. The van der Waals surface area contributed by atoms with Gasteiger partial charge < -0.3 is 18.9 Å². The third-order valence-corrected chi connectivity index (χ3v) is 4.80. The van der Waals surface area contributed by atoms with Gasteiger partial charge >= 0.3 is 5.97 Å². The van der Waals surface area contributed by atoms with Crippen LogP contribution in [0.15, 0.2) is 47.2 Å². The van der Waals surface area contributed by atoms with E-state index in [1.165, 1.54) is 0 Å². The summed E-state index contributed by atoms with van der Waals surface area (Å²) in [5.41, 5.74) is 0.765. The highest BCUT2D eigenvalue weighted by Crippen LogP contribution is 2.23. The maximum atomic E-state index is 12.4. The smallest absolute Gasteiger partial charge is 0.309 e. The Hall–Kier alpha value is -3.49. The van der Waals surface area contributed by atoms with Gasteiger partial charge in [-0.2, -0.15) is 4.98 Å². The molecule has 1 saturated heterocycles. The van der Waals surface area contributed by atoms with Crippen molar-refractivity contribution < 1.29 is 18.8 Å². The minimum Gasteiger partial charge on any atom is -0.497 e. The number of aromatic nitrogens is 4. The largest absolute Gasteiger partial charge is 0.497 e. The van der Waals surface area contributed by atoms with Crippen LogP contribution in [0.5, 0.6) is 5.75 Å². The van der Waals surface area contributed by atoms with Gasteiger partial charge in [0.25, 0.3) is 5.89 Å². The maximum Gasteiger partial charge on any atom is 0.309 e. The Balaban J connectivity index is 1.29. The maximum absolute atomic E-state index is 12.4. The van der Waals surface area contributed by atoms with E-state index < -0.39 is 0 Å². The van der Waals surface area contributed by atoms with Gasteiger partial charge in [-0.15, -0.1) is 0 Å². The SMILES string of the molecule is COc1cccc(-c2noc(COC(=O)C3CCN(c4ncccn4)CC3)n2)c1. The summed E-state index contributed by atoms with van der Waals surface area (Å²) in [6, 6.07) is 9.13. The van der Waals surface area contributed by atoms with Crippen LogP contribution < -0.4 is 9.64 Å². The van der Waals surface area contributed by atoms with Crippen LogP contribution in [0.4, 0.5) is 5.95 Å². The molecule has 0 N–H and O–H groups in total. The second-order valence-electron chi connectivity index (χ2n) is 6.66. The molecule has 0 radical (unpaired) electrons. The van der Waals surface area contributed by atoms with Gasteiger partial charge in [0.05, 0.1) is 13.0 Å². The van der Waals surface area contributed by atoms with E-state index in [0.29, 0.717) is 43.5 Å². The van der Waals surface area contributed by atoms with Gasteiger partial charge in [-0.1, -0.05) is 17.3 Å². The fourth-order valence-electron chi connectivity index (χ4n) is 3.21. The summed E-state index contributed by atoms with van der Waals surface area (Å²) >= 11 is 0. The molecule has 1 fully saturated rings. The van der Waals surface area contributed by atoms with Crippen molar-refractivity contribution in [2.45, 2.75) is 19.4 Å². The molecule has 1 aliphatic rings. The predicted octanol–water partition coefficient (Wildman–Crippen LogP) is 2.50. The molecule has 0 amide bonds. The van der Waals surface area contributed by atoms with Gasteiger partial charge in [0.2, 0.25) is 11.8 Å². The van der Waals surface area contributed by atoms with E-state index in [9.17, 15) is 4.79 Å². The lowest BCUT2D eigenvalue weighted by Crippen LogP contribution is -2.37. The van der Waals surface area contributed by atoms with Gasteiger partial charge in [-0.3, -0.25) is 4.79 Å². The molecular weight excluding hydrogens is 374 g/mol. The van der Waals surface area contributed by atoms with Crippen LogP contribution in [0.25, 0.3) is 11.4 Å². The quantitative estimate of drug-likeness (QED) is 0.582. The van der Waals surface area contributed by atoms with Crippen molar-refractivity contribution in [1.82, 2.24) is 20.1 Å². The molecule has 2 aromatic heterocycles. The van der Waals surface area contributed by atoms with Crippen molar-refractivity contribution in [3.63, 3.8) is 0 Å². The Morgan fingerprint density at radius 2 is 2.00 bits per heavy atom. The van der Waals surface area contributed by atoms with E-state index >= 15 is 0 Å². The van der Waals surface area contributed by atoms with E-state index in [4.69, 9.17) is 14.0 Å². The van der Waals surface area contributed by atoms with Crippen molar-refractivity contribution in [2.24, 2.45) is 5.92 Å². The zero-order valence-electron chi connectivity index (χ0n) is 16.0. The average Bonchev–Trinajstić information content (AvgIpc) is 3.27. The van der Waals surface area contributed by atoms with Crippen molar-refractivity contribution >= 4 is 11.9 Å². The molecule has 0 unspecified atom stereocenters. The van der Waals surface area contributed by atoms with E-state index in [-0.39, 0.29) is 24.4 Å². The Morgan fingerprint density at radius 1 is 1.21 bits per heavy atom. The molecule has 0 aliphatic carbocycles. The van der Waals surface area contributed by atoms with E-state index in [1.807, 2.05) is 24.3 Å². The molecule has 0 atom stereocenters. The van der Waals surface area contributed by atoms with Gasteiger partial charge in [0.1, 0.15) is 5.75 Å². The lowest BCUT2D eigenvalue weighted by Gasteiger charge is -2.30. The molecule has 9 nitrogen and oxygen atoms in total. The second-order valence-corrected chi connectivity index (χ2v) is 6.66. The van der Waals surface area contributed by atoms with E-state index in [0.717, 1.165) is 5.56 Å². The number of piperidine rings is 1. The van der Waals surface area contributed by atoms with Crippen molar-refractivity contribution in [3.8, 4) is 17.1 Å². The number of anilines is 1. The molecule has 3 aromatic rings. The number of esters is 1. The average molecular weight is 395 g/mol. The number of benzene rings is 1. The van der Waals surface area contributed by atoms with Crippen LogP contribution in [0.2, 0.25) is 0 Å². The highest BCUT2D eigenvalue weighted by Gasteiger charge is 2.27. The lowest BCUT2D eigenvalue weighted by atomic mass is 9.97. The lowest BCUT2D eigenvalue weighted by molar-refractivity contribution is -0.151. The van der Waals surface area contributed by atoms with Crippen LogP contribution in [-0.2, 0) is 16.1 Å². The number of carbonyl (C=O) groups is 1. The summed E-state index contributed by atoms with van der Waals surface area (Å²) < 4.78 is 15.8. The van der Waals surface area contributed by atoms with Crippen molar-refractivity contribution in [3.05, 3.63) is 48.6 Å². The molecule has 29 heavy (non-hydrogen) atoms. The highest BCUT2D eigenvalue weighted by molar-refractivity contribution is 5.72. The minimum atomic E-state index is -0.250. The number of rotatable bonds is 6. The summed E-state index contributed by atoms with van der Waals surface area (Å²) in [6.45, 7) is 1.38. The first-order valence-corrected chi connectivity index (χ1v) is 9.38. The highest BCUT2D eigenvalue weighted by atomic mass is 16.6. The molecule has 150 valence electrons. The second kappa shape index (κ2) is 8.68. The Labute approximate surface area is 167 Å². The number of methoxy groups -OCH3 is 1. The van der Waals surface area contributed by atoms with E-state index in [2.05, 4.69) is 25.0 Å².